The zero-order valence-electron chi connectivity index (χ0n) is 13.8. The van der Waals surface area contributed by atoms with E-state index in [-0.39, 0.29) is 6.26 Å². The van der Waals surface area contributed by atoms with Gasteiger partial charge in [0.25, 0.3) is 0 Å². The zero-order valence-corrected chi connectivity index (χ0v) is 15.4. The van der Waals surface area contributed by atoms with Gasteiger partial charge in [0.15, 0.2) is 10.0 Å². The third kappa shape index (κ3) is 7.81. The van der Waals surface area contributed by atoms with Crippen molar-refractivity contribution in [2.24, 2.45) is 0 Å². The van der Waals surface area contributed by atoms with Crippen LogP contribution in [-0.4, -0.2) is 59.3 Å². The average Bonchev–Trinajstić information content (AvgIpc) is 2.30. The average molecular weight is 382 g/mol. The summed E-state index contributed by atoms with van der Waals surface area (Å²) >= 11 is 0. The van der Waals surface area contributed by atoms with E-state index in [1.807, 2.05) is 0 Å². The lowest BCUT2D eigenvalue weighted by molar-refractivity contribution is -0.936. The van der Waals surface area contributed by atoms with Gasteiger partial charge >= 0.3 is 5.51 Å². The molecule has 2 unspecified atom stereocenters. The maximum absolute atomic E-state index is 11.4. The molecule has 2 atom stereocenters. The Balaban J connectivity index is 0.000000422. The normalized spacial score (nSPS) is 26.3. The van der Waals surface area contributed by atoms with Crippen LogP contribution in [0.25, 0.3) is 4.13 Å². The van der Waals surface area contributed by atoms with Crippen LogP contribution >= 0.6 is 0 Å². The molecule has 0 spiro atoms. The fourth-order valence-corrected chi connectivity index (χ4v) is 4.27. The van der Waals surface area contributed by atoms with Crippen LogP contribution in [0.2, 0.25) is 0 Å². The minimum atomic E-state index is -5.92. The van der Waals surface area contributed by atoms with Crippen molar-refractivity contribution in [1.29, 1.82) is 0 Å². The highest BCUT2D eigenvalue weighted by Crippen LogP contribution is 2.29. The summed E-state index contributed by atoms with van der Waals surface area (Å²) in [5.74, 6) is 0. The monoisotopic (exact) mass is 382 g/mol. The van der Waals surface area contributed by atoms with Gasteiger partial charge in [0.2, 0.25) is 0 Å². The van der Waals surface area contributed by atoms with E-state index in [1.165, 1.54) is 43.3 Å². The van der Waals surface area contributed by atoms with Crippen molar-refractivity contribution in [2.75, 3.05) is 26.4 Å². The lowest BCUT2D eigenvalue weighted by Gasteiger charge is -2.43. The highest BCUT2D eigenvalue weighted by atomic mass is 32.3. The first-order valence-electron chi connectivity index (χ1n) is 7.24. The van der Waals surface area contributed by atoms with Crippen molar-refractivity contribution in [2.45, 2.75) is 51.1 Å². The number of sulfonamides is 2. The first kappa shape index (κ1) is 22.6. The third-order valence-electron chi connectivity index (χ3n) is 3.87. The Kier molecular flexibility index (Phi) is 7.99. The molecular weight excluding hydrogens is 357 g/mol. The molecule has 0 N–H and O–H groups in total. The van der Waals surface area contributed by atoms with E-state index in [4.69, 9.17) is 0 Å². The zero-order chi connectivity index (χ0) is 18.5. The lowest BCUT2D eigenvalue weighted by Crippen LogP contribution is -2.54. The number of halogens is 3. The molecular formula is C12H25F3N2O4S2. The van der Waals surface area contributed by atoms with E-state index in [9.17, 15) is 30.0 Å². The second kappa shape index (κ2) is 8.13. The van der Waals surface area contributed by atoms with E-state index >= 15 is 0 Å². The molecule has 0 aliphatic carbocycles. The number of piperidine rings is 1. The lowest BCUT2D eigenvalue weighted by atomic mass is 10.0. The molecule has 1 fully saturated rings. The van der Waals surface area contributed by atoms with Gasteiger partial charge in [-0.05, 0) is 32.6 Å². The molecule has 0 amide bonds. The van der Waals surface area contributed by atoms with Crippen LogP contribution < -0.4 is 0 Å². The van der Waals surface area contributed by atoms with Crippen LogP contribution in [0.1, 0.15) is 39.5 Å². The largest absolute Gasteiger partial charge is 0.480 e. The molecule has 0 radical (unpaired) electrons. The number of likely N-dealkylation sites (tertiary alicyclic amines) is 1. The molecule has 0 aromatic heterocycles. The first-order valence-corrected chi connectivity index (χ1v) is 10.5. The Morgan fingerprint density at radius 3 is 2.00 bits per heavy atom. The summed E-state index contributed by atoms with van der Waals surface area (Å²) in [6, 6.07) is 0.906. The predicted molar refractivity (Wildman–Crippen MR) is 82.7 cm³/mol. The summed E-state index contributed by atoms with van der Waals surface area (Å²) < 4.78 is 77.3. The van der Waals surface area contributed by atoms with Crippen LogP contribution in [0.3, 0.4) is 0 Å². The Hall–Kier alpha value is -0.390. The van der Waals surface area contributed by atoms with Gasteiger partial charge in [-0.2, -0.15) is 13.2 Å². The maximum Gasteiger partial charge on any atom is 0.480 e. The molecule has 1 aliphatic heterocycles. The Morgan fingerprint density at radius 2 is 1.70 bits per heavy atom. The van der Waals surface area contributed by atoms with Gasteiger partial charge in [0.1, 0.15) is 0 Å². The predicted octanol–water partition coefficient (Wildman–Crippen LogP) is 2.58. The van der Waals surface area contributed by atoms with Crippen LogP contribution in [0.5, 0.6) is 0 Å². The summed E-state index contributed by atoms with van der Waals surface area (Å²) in [5, 5.41) is 0. The molecule has 6 nitrogen and oxygen atoms in total. The Bertz CT molecular complexity index is 572. The molecule has 0 saturated carbocycles. The first-order chi connectivity index (χ1) is 10.1. The molecule has 1 aliphatic rings. The van der Waals surface area contributed by atoms with E-state index in [1.54, 1.807) is 4.13 Å². The molecule has 1 saturated heterocycles. The van der Waals surface area contributed by atoms with Crippen molar-refractivity contribution in [3.05, 3.63) is 4.13 Å². The molecule has 1 rings (SSSR count). The van der Waals surface area contributed by atoms with Crippen molar-refractivity contribution < 1.29 is 34.5 Å². The van der Waals surface area contributed by atoms with Gasteiger partial charge in [-0.25, -0.2) is 16.8 Å². The molecule has 0 aromatic carbocycles. The molecule has 0 bridgehead atoms. The highest BCUT2D eigenvalue weighted by Gasteiger charge is 2.40. The number of hydrogen-bond donors (Lipinski definition) is 0. The van der Waals surface area contributed by atoms with Crippen LogP contribution in [0.4, 0.5) is 13.2 Å². The van der Waals surface area contributed by atoms with Crippen molar-refractivity contribution in [3.63, 3.8) is 0 Å². The second-order valence-corrected chi connectivity index (χ2v) is 9.48. The van der Waals surface area contributed by atoms with Gasteiger partial charge in [0, 0.05) is 6.26 Å². The quantitative estimate of drug-likeness (QED) is 0.700. The van der Waals surface area contributed by atoms with Gasteiger partial charge in [-0.3, -0.25) is 0 Å². The minimum absolute atomic E-state index is 0.246. The standard InChI is InChI=1S/C10H22N.C2H3F3NO4S2/c1-4-8-11(3)9-6-5-7-10(11)2;1-11(7,8)6-12(9,10)2(3,4)5/h10H,4-9H2,1-3H3;1H3/q+1;-1. The summed E-state index contributed by atoms with van der Waals surface area (Å²) in [4.78, 5) is 0. The fourth-order valence-electron chi connectivity index (χ4n) is 2.51. The van der Waals surface area contributed by atoms with Crippen LogP contribution in [0.15, 0.2) is 0 Å². The summed E-state index contributed by atoms with van der Waals surface area (Å²) in [5.41, 5.74) is -5.67. The maximum atomic E-state index is 11.4. The summed E-state index contributed by atoms with van der Waals surface area (Å²) in [6.45, 7) is 7.50. The smallest absolute Gasteiger partial charge is 0.429 e. The SMILES string of the molecule is CCC[N+]1(C)CCCCC1C.CS(=O)(=O)[N-]S(=O)(=O)C(F)(F)F. The van der Waals surface area contributed by atoms with E-state index in [0.717, 1.165) is 6.04 Å². The van der Waals surface area contributed by atoms with Crippen molar-refractivity contribution in [3.8, 4) is 0 Å². The molecule has 1 heterocycles. The van der Waals surface area contributed by atoms with E-state index < -0.39 is 25.6 Å². The molecule has 140 valence electrons. The number of nitrogens with zero attached hydrogens (tertiary/aromatic N) is 2. The van der Waals surface area contributed by atoms with E-state index in [0.29, 0.717) is 0 Å². The number of hydrogen-bond acceptors (Lipinski definition) is 4. The van der Waals surface area contributed by atoms with Crippen LogP contribution in [-0.2, 0) is 20.0 Å². The Labute approximate surface area is 136 Å². The van der Waals surface area contributed by atoms with Crippen LogP contribution in [0, 0.1) is 0 Å². The minimum Gasteiger partial charge on any atom is -0.429 e. The number of rotatable bonds is 4. The van der Waals surface area contributed by atoms with Crippen molar-refractivity contribution in [1.82, 2.24) is 0 Å². The number of alkyl halides is 3. The van der Waals surface area contributed by atoms with E-state index in [2.05, 4.69) is 20.9 Å². The fraction of sp³-hybridized carbons (Fsp3) is 1.00. The second-order valence-electron chi connectivity index (χ2n) is 6.00. The topological polar surface area (TPSA) is 82.4 Å². The summed E-state index contributed by atoms with van der Waals surface area (Å²) in [6.07, 6.45) is 5.92. The molecule has 0 aromatic rings. The molecule has 23 heavy (non-hydrogen) atoms. The number of quaternary nitrogens is 1. The third-order valence-corrected chi connectivity index (χ3v) is 6.32. The van der Waals surface area contributed by atoms with Gasteiger partial charge < -0.3 is 8.61 Å². The van der Waals surface area contributed by atoms with Crippen molar-refractivity contribution >= 4 is 20.0 Å². The van der Waals surface area contributed by atoms with Gasteiger partial charge in [-0.15, -0.1) is 0 Å². The summed E-state index contributed by atoms with van der Waals surface area (Å²) in [7, 11) is -8.04. The highest BCUT2D eigenvalue weighted by molar-refractivity contribution is 8.12. The molecule has 11 heteroatoms. The van der Waals surface area contributed by atoms with Gasteiger partial charge in [0.05, 0.1) is 36.2 Å². The van der Waals surface area contributed by atoms with Gasteiger partial charge in [-0.1, -0.05) is 6.92 Å². The Morgan fingerprint density at radius 1 is 1.17 bits per heavy atom.